The molecule has 0 spiro atoms. The monoisotopic (exact) mass is 398 g/mol. The van der Waals surface area contributed by atoms with Crippen LogP contribution in [0.3, 0.4) is 0 Å². The van der Waals surface area contributed by atoms with Crippen LogP contribution in [-0.2, 0) is 9.84 Å². The number of hydrogen-bond acceptors (Lipinski definition) is 7. The summed E-state index contributed by atoms with van der Waals surface area (Å²) in [6.07, 6.45) is 2.87. The van der Waals surface area contributed by atoms with Gasteiger partial charge in [-0.1, -0.05) is 6.07 Å². The standard InChI is InChI=1S/C19H18N4O4S/c1-26-16-7-4-11(8-17(16)27-2)21-19-18-14(10-20-23-18)13-6-5-12(28(3,24)25)9-15(13)22-19/h4-10H,1-3H3,(H,20,23)(H,21,22). The van der Waals surface area contributed by atoms with Crippen molar-refractivity contribution < 1.29 is 17.9 Å². The summed E-state index contributed by atoms with van der Waals surface area (Å²) >= 11 is 0. The Morgan fingerprint density at radius 3 is 2.50 bits per heavy atom. The van der Waals surface area contributed by atoms with Gasteiger partial charge in [-0.05, 0) is 24.3 Å². The van der Waals surface area contributed by atoms with E-state index in [-0.39, 0.29) is 4.90 Å². The number of fused-ring (bicyclic) bond motifs is 3. The Bertz CT molecular complexity index is 1300. The van der Waals surface area contributed by atoms with Gasteiger partial charge in [-0.25, -0.2) is 13.4 Å². The summed E-state index contributed by atoms with van der Waals surface area (Å²) in [5, 5.41) is 12.0. The van der Waals surface area contributed by atoms with E-state index in [0.29, 0.717) is 22.8 Å². The number of pyridine rings is 1. The van der Waals surface area contributed by atoms with Crippen molar-refractivity contribution >= 4 is 43.1 Å². The van der Waals surface area contributed by atoms with Crippen molar-refractivity contribution in [1.29, 1.82) is 0 Å². The van der Waals surface area contributed by atoms with E-state index in [1.165, 1.54) is 6.26 Å². The number of H-pyrrole nitrogens is 1. The molecule has 0 aliphatic carbocycles. The SMILES string of the molecule is COc1ccc(Nc2nc3cc(S(C)(=O)=O)ccc3c3cn[nH]c23)cc1OC. The maximum atomic E-state index is 11.9. The summed E-state index contributed by atoms with van der Waals surface area (Å²) in [6, 6.07) is 10.3. The molecule has 0 saturated carbocycles. The minimum atomic E-state index is -3.34. The number of rotatable bonds is 5. The Hall–Kier alpha value is -3.33. The van der Waals surface area contributed by atoms with E-state index in [9.17, 15) is 8.42 Å². The summed E-state index contributed by atoms with van der Waals surface area (Å²) in [5.41, 5.74) is 2.01. The van der Waals surface area contributed by atoms with E-state index in [4.69, 9.17) is 9.47 Å². The van der Waals surface area contributed by atoms with Crippen LogP contribution in [0.4, 0.5) is 11.5 Å². The van der Waals surface area contributed by atoms with E-state index >= 15 is 0 Å². The van der Waals surface area contributed by atoms with Crippen molar-refractivity contribution in [1.82, 2.24) is 15.2 Å². The predicted octanol–water partition coefficient (Wildman–Crippen LogP) is 3.28. The molecule has 8 nitrogen and oxygen atoms in total. The lowest BCUT2D eigenvalue weighted by Gasteiger charge is -2.12. The molecule has 0 amide bonds. The first-order valence-electron chi connectivity index (χ1n) is 8.36. The van der Waals surface area contributed by atoms with Gasteiger partial charge < -0.3 is 14.8 Å². The third kappa shape index (κ3) is 3.09. The van der Waals surface area contributed by atoms with Crippen LogP contribution in [0.15, 0.2) is 47.5 Å². The molecule has 9 heteroatoms. The molecule has 0 radical (unpaired) electrons. The second kappa shape index (κ2) is 6.68. The van der Waals surface area contributed by atoms with Crippen LogP contribution in [0.1, 0.15) is 0 Å². The average Bonchev–Trinajstić information content (AvgIpc) is 3.17. The molecule has 2 heterocycles. The minimum absolute atomic E-state index is 0.215. The number of nitrogens with zero attached hydrogens (tertiary/aromatic N) is 2. The number of methoxy groups -OCH3 is 2. The van der Waals surface area contributed by atoms with Crippen LogP contribution in [0.2, 0.25) is 0 Å². The van der Waals surface area contributed by atoms with Crippen LogP contribution in [-0.4, -0.2) is 44.1 Å². The Balaban J connectivity index is 1.87. The number of hydrogen-bond donors (Lipinski definition) is 2. The van der Waals surface area contributed by atoms with Gasteiger partial charge in [-0.3, -0.25) is 5.10 Å². The summed E-state index contributed by atoms with van der Waals surface area (Å²) < 4.78 is 34.4. The molecule has 0 aliphatic rings. The third-order valence-corrected chi connectivity index (χ3v) is 5.55. The highest BCUT2D eigenvalue weighted by Crippen LogP contribution is 2.34. The van der Waals surface area contributed by atoms with Crippen LogP contribution < -0.4 is 14.8 Å². The highest BCUT2D eigenvalue weighted by Gasteiger charge is 2.15. The van der Waals surface area contributed by atoms with Crippen molar-refractivity contribution in [3.63, 3.8) is 0 Å². The topological polar surface area (TPSA) is 106 Å². The fourth-order valence-electron chi connectivity index (χ4n) is 3.05. The molecule has 4 aromatic rings. The molecule has 0 atom stereocenters. The van der Waals surface area contributed by atoms with Gasteiger partial charge in [0.05, 0.1) is 30.8 Å². The second-order valence-corrected chi connectivity index (χ2v) is 8.28. The zero-order chi connectivity index (χ0) is 19.9. The fourth-order valence-corrected chi connectivity index (χ4v) is 3.69. The molecule has 0 saturated heterocycles. The molecular weight excluding hydrogens is 380 g/mol. The van der Waals surface area contributed by atoms with E-state index in [0.717, 1.165) is 22.0 Å². The maximum Gasteiger partial charge on any atom is 0.175 e. The van der Waals surface area contributed by atoms with Gasteiger partial charge in [0.2, 0.25) is 0 Å². The van der Waals surface area contributed by atoms with Gasteiger partial charge >= 0.3 is 0 Å². The number of nitrogens with one attached hydrogen (secondary N) is 2. The lowest BCUT2D eigenvalue weighted by atomic mass is 10.1. The van der Waals surface area contributed by atoms with Gasteiger partial charge in [0.25, 0.3) is 0 Å². The quantitative estimate of drug-likeness (QED) is 0.531. The number of ether oxygens (including phenoxy) is 2. The molecule has 0 aliphatic heterocycles. The molecule has 2 aromatic carbocycles. The Labute approximate surface area is 161 Å². The smallest absolute Gasteiger partial charge is 0.175 e. The lowest BCUT2D eigenvalue weighted by molar-refractivity contribution is 0.355. The number of sulfone groups is 1. The van der Waals surface area contributed by atoms with Crippen molar-refractivity contribution in [2.75, 3.05) is 25.8 Å². The number of anilines is 2. The number of aromatic nitrogens is 3. The molecule has 144 valence electrons. The molecule has 0 fully saturated rings. The molecule has 0 bridgehead atoms. The van der Waals surface area contributed by atoms with Gasteiger partial charge in [-0.15, -0.1) is 0 Å². The van der Waals surface area contributed by atoms with E-state index in [1.807, 2.05) is 6.07 Å². The van der Waals surface area contributed by atoms with E-state index in [2.05, 4.69) is 20.5 Å². The highest BCUT2D eigenvalue weighted by molar-refractivity contribution is 7.90. The van der Waals surface area contributed by atoms with Gasteiger partial charge in [-0.2, -0.15) is 5.10 Å². The Morgan fingerprint density at radius 2 is 1.79 bits per heavy atom. The average molecular weight is 398 g/mol. The zero-order valence-electron chi connectivity index (χ0n) is 15.5. The van der Waals surface area contributed by atoms with E-state index in [1.54, 1.807) is 50.7 Å². The minimum Gasteiger partial charge on any atom is -0.493 e. The van der Waals surface area contributed by atoms with Crippen LogP contribution >= 0.6 is 0 Å². The van der Waals surface area contributed by atoms with Crippen molar-refractivity contribution in [3.05, 3.63) is 42.6 Å². The predicted molar refractivity (Wildman–Crippen MR) is 107 cm³/mol. The third-order valence-electron chi connectivity index (χ3n) is 4.44. The van der Waals surface area contributed by atoms with Crippen molar-refractivity contribution in [2.45, 2.75) is 4.90 Å². The summed E-state index contributed by atoms with van der Waals surface area (Å²) in [7, 11) is -0.199. The van der Waals surface area contributed by atoms with Crippen molar-refractivity contribution in [2.24, 2.45) is 0 Å². The maximum absolute atomic E-state index is 11.9. The first-order chi connectivity index (χ1) is 13.4. The van der Waals surface area contributed by atoms with Crippen LogP contribution in [0.5, 0.6) is 11.5 Å². The van der Waals surface area contributed by atoms with Gasteiger partial charge in [0.1, 0.15) is 5.52 Å². The molecular formula is C19H18N4O4S. The summed E-state index contributed by atoms with van der Waals surface area (Å²) in [4.78, 5) is 4.84. The van der Waals surface area contributed by atoms with Crippen molar-refractivity contribution in [3.8, 4) is 11.5 Å². The molecule has 28 heavy (non-hydrogen) atoms. The Morgan fingerprint density at radius 1 is 1.00 bits per heavy atom. The van der Waals surface area contributed by atoms with Crippen LogP contribution in [0, 0.1) is 0 Å². The molecule has 4 rings (SSSR count). The highest BCUT2D eigenvalue weighted by atomic mass is 32.2. The second-order valence-electron chi connectivity index (χ2n) is 6.26. The molecule has 0 unspecified atom stereocenters. The summed E-state index contributed by atoms with van der Waals surface area (Å²) in [6.45, 7) is 0. The van der Waals surface area contributed by atoms with Gasteiger partial charge in [0, 0.05) is 28.8 Å². The first kappa shape index (κ1) is 18.1. The van der Waals surface area contributed by atoms with E-state index < -0.39 is 9.84 Å². The first-order valence-corrected chi connectivity index (χ1v) is 10.3. The largest absolute Gasteiger partial charge is 0.493 e. The zero-order valence-corrected chi connectivity index (χ0v) is 16.3. The molecule has 2 N–H and O–H groups in total. The Kier molecular flexibility index (Phi) is 4.31. The molecule has 2 aromatic heterocycles. The normalized spacial score (nSPS) is 11.7. The lowest BCUT2D eigenvalue weighted by Crippen LogP contribution is -2.00. The van der Waals surface area contributed by atoms with Crippen LogP contribution in [0.25, 0.3) is 21.8 Å². The fraction of sp³-hybridized carbons (Fsp3) is 0.158. The number of aromatic amines is 1. The van der Waals surface area contributed by atoms with Gasteiger partial charge in [0.15, 0.2) is 27.2 Å². The number of benzene rings is 2. The summed E-state index contributed by atoms with van der Waals surface area (Å²) in [5.74, 6) is 1.72.